The number of benzene rings is 2. The van der Waals surface area contributed by atoms with E-state index in [1.165, 1.54) is 4.90 Å². The van der Waals surface area contributed by atoms with E-state index >= 15 is 0 Å². The summed E-state index contributed by atoms with van der Waals surface area (Å²) in [5.74, 6) is -1.25. The Balaban J connectivity index is 2.00. The average Bonchev–Trinajstić information content (AvgIpc) is 3.12. The Morgan fingerprint density at radius 3 is 2.65 bits per heavy atom. The normalized spacial score (nSPS) is 16.3. The molecule has 1 aliphatic rings. The van der Waals surface area contributed by atoms with Crippen LogP contribution in [-0.2, 0) is 16.0 Å². The van der Waals surface area contributed by atoms with Crippen molar-refractivity contribution < 1.29 is 14.7 Å². The zero-order valence-electron chi connectivity index (χ0n) is 14.0. The highest BCUT2D eigenvalue weighted by Crippen LogP contribution is 2.32. The molecular formula is C20H17ClN2O3. The molecule has 1 fully saturated rings. The van der Waals surface area contributed by atoms with Gasteiger partial charge in [0.1, 0.15) is 6.04 Å². The quantitative estimate of drug-likeness (QED) is 0.895. The highest BCUT2D eigenvalue weighted by molar-refractivity contribution is 6.31. The molecular weight excluding hydrogens is 352 g/mol. The van der Waals surface area contributed by atoms with Gasteiger partial charge in [0, 0.05) is 17.1 Å². The van der Waals surface area contributed by atoms with Gasteiger partial charge in [-0.05, 0) is 36.1 Å². The minimum Gasteiger partial charge on any atom is -0.480 e. The van der Waals surface area contributed by atoms with Crippen LogP contribution in [0.25, 0.3) is 11.1 Å². The van der Waals surface area contributed by atoms with Gasteiger partial charge in [-0.15, -0.1) is 0 Å². The topological polar surface area (TPSA) is 81.4 Å². The molecule has 0 spiro atoms. The van der Waals surface area contributed by atoms with Gasteiger partial charge in [0.2, 0.25) is 5.91 Å². The molecule has 0 saturated carbocycles. The number of carbonyl (C=O) groups excluding carboxylic acids is 1. The number of hydrogen-bond donors (Lipinski definition) is 1. The maximum atomic E-state index is 12.8. The smallest absolute Gasteiger partial charge is 0.326 e. The standard InChI is InChI=1S/C20H17ClN2O3/c21-16-9-14(11-18(24)23-8-4-7-17(23)20(25)26)19(15(10-16)12-22)13-5-2-1-3-6-13/h1-3,5-6,9-10,17H,4,7-8,11H2,(H,25,26)/t17-/m1/s1. The summed E-state index contributed by atoms with van der Waals surface area (Å²) in [5.41, 5.74) is 2.50. The Labute approximate surface area is 156 Å². The predicted octanol–water partition coefficient (Wildman–Crippen LogP) is 3.50. The molecule has 6 heteroatoms. The Morgan fingerprint density at radius 2 is 2.00 bits per heavy atom. The number of likely N-dealkylation sites (tertiary alicyclic amines) is 1. The zero-order chi connectivity index (χ0) is 18.7. The molecule has 1 saturated heterocycles. The Bertz CT molecular complexity index is 890. The minimum absolute atomic E-state index is 0.00322. The van der Waals surface area contributed by atoms with Crippen molar-refractivity contribution in [2.75, 3.05) is 6.54 Å². The van der Waals surface area contributed by atoms with Crippen molar-refractivity contribution in [3.05, 3.63) is 58.6 Å². The molecule has 0 radical (unpaired) electrons. The maximum Gasteiger partial charge on any atom is 0.326 e. The molecule has 1 aliphatic heterocycles. The summed E-state index contributed by atoms with van der Waals surface area (Å²) in [4.78, 5) is 25.5. The molecule has 0 bridgehead atoms. The first-order valence-electron chi connectivity index (χ1n) is 8.31. The summed E-state index contributed by atoms with van der Waals surface area (Å²) in [7, 11) is 0. The third-order valence-electron chi connectivity index (χ3n) is 4.57. The molecule has 0 unspecified atom stereocenters. The lowest BCUT2D eigenvalue weighted by Crippen LogP contribution is -2.41. The Morgan fingerprint density at radius 1 is 1.27 bits per heavy atom. The molecule has 26 heavy (non-hydrogen) atoms. The second kappa shape index (κ2) is 7.59. The number of halogens is 1. The van der Waals surface area contributed by atoms with Gasteiger partial charge in [-0.1, -0.05) is 41.9 Å². The van der Waals surface area contributed by atoms with Crippen molar-refractivity contribution in [2.24, 2.45) is 0 Å². The van der Waals surface area contributed by atoms with Crippen molar-refractivity contribution >= 4 is 23.5 Å². The molecule has 1 amide bonds. The summed E-state index contributed by atoms with van der Waals surface area (Å²) in [6.45, 7) is 0.433. The lowest BCUT2D eigenvalue weighted by atomic mass is 9.93. The third-order valence-corrected chi connectivity index (χ3v) is 4.79. The summed E-state index contributed by atoms with van der Waals surface area (Å²) in [6, 6.07) is 13.9. The summed E-state index contributed by atoms with van der Waals surface area (Å²) in [6.07, 6.45) is 1.14. The van der Waals surface area contributed by atoms with E-state index in [-0.39, 0.29) is 12.3 Å². The van der Waals surface area contributed by atoms with Gasteiger partial charge in [-0.2, -0.15) is 5.26 Å². The van der Waals surface area contributed by atoms with E-state index in [9.17, 15) is 20.0 Å². The van der Waals surface area contributed by atoms with Gasteiger partial charge in [-0.25, -0.2) is 4.79 Å². The van der Waals surface area contributed by atoms with Crippen molar-refractivity contribution in [3.8, 4) is 17.2 Å². The molecule has 5 nitrogen and oxygen atoms in total. The van der Waals surface area contributed by atoms with Crippen LogP contribution in [-0.4, -0.2) is 34.5 Å². The first kappa shape index (κ1) is 18.0. The van der Waals surface area contributed by atoms with Crippen LogP contribution >= 0.6 is 11.6 Å². The molecule has 0 aliphatic carbocycles. The van der Waals surface area contributed by atoms with Crippen molar-refractivity contribution in [1.82, 2.24) is 4.90 Å². The second-order valence-corrected chi connectivity index (χ2v) is 6.66. The van der Waals surface area contributed by atoms with E-state index in [2.05, 4.69) is 6.07 Å². The zero-order valence-corrected chi connectivity index (χ0v) is 14.7. The van der Waals surface area contributed by atoms with Crippen LogP contribution in [0.3, 0.4) is 0 Å². The van der Waals surface area contributed by atoms with Crippen LogP contribution in [0.15, 0.2) is 42.5 Å². The Kier molecular flexibility index (Phi) is 5.24. The fourth-order valence-electron chi connectivity index (χ4n) is 3.42. The molecule has 2 aromatic carbocycles. The van der Waals surface area contributed by atoms with E-state index in [4.69, 9.17) is 11.6 Å². The number of carboxylic acid groups (broad SMARTS) is 1. The second-order valence-electron chi connectivity index (χ2n) is 6.23. The van der Waals surface area contributed by atoms with Crippen LogP contribution < -0.4 is 0 Å². The highest BCUT2D eigenvalue weighted by Gasteiger charge is 2.34. The molecule has 1 heterocycles. The van der Waals surface area contributed by atoms with Crippen LogP contribution in [0.4, 0.5) is 0 Å². The highest BCUT2D eigenvalue weighted by atomic mass is 35.5. The number of rotatable bonds is 4. The third kappa shape index (κ3) is 3.56. The molecule has 132 valence electrons. The van der Waals surface area contributed by atoms with E-state index in [0.717, 1.165) is 5.56 Å². The summed E-state index contributed by atoms with van der Waals surface area (Å²) < 4.78 is 0. The lowest BCUT2D eigenvalue weighted by Gasteiger charge is -2.22. The number of aliphatic carboxylic acids is 1. The first-order chi connectivity index (χ1) is 12.5. The van der Waals surface area contributed by atoms with E-state index in [1.807, 2.05) is 30.3 Å². The SMILES string of the molecule is N#Cc1cc(Cl)cc(CC(=O)N2CCC[C@@H]2C(=O)O)c1-c1ccccc1. The first-order valence-corrected chi connectivity index (χ1v) is 8.69. The van der Waals surface area contributed by atoms with Crippen molar-refractivity contribution in [3.63, 3.8) is 0 Å². The molecule has 0 aromatic heterocycles. The fraction of sp³-hybridized carbons (Fsp3) is 0.250. The van der Waals surface area contributed by atoms with E-state index in [1.54, 1.807) is 12.1 Å². The largest absolute Gasteiger partial charge is 0.480 e. The van der Waals surface area contributed by atoms with Crippen molar-refractivity contribution in [2.45, 2.75) is 25.3 Å². The fourth-order valence-corrected chi connectivity index (χ4v) is 3.66. The van der Waals surface area contributed by atoms with Gasteiger partial charge in [0.05, 0.1) is 18.1 Å². The number of hydrogen-bond acceptors (Lipinski definition) is 3. The summed E-state index contributed by atoms with van der Waals surface area (Å²) in [5, 5.41) is 19.2. The molecule has 1 N–H and O–H groups in total. The van der Waals surface area contributed by atoms with Crippen LogP contribution in [0.2, 0.25) is 5.02 Å². The van der Waals surface area contributed by atoms with Gasteiger partial charge in [0.25, 0.3) is 0 Å². The number of carboxylic acids is 1. The number of carbonyl (C=O) groups is 2. The number of nitriles is 1. The van der Waals surface area contributed by atoms with Crippen LogP contribution in [0.5, 0.6) is 0 Å². The molecule has 3 rings (SSSR count). The minimum atomic E-state index is -0.983. The van der Waals surface area contributed by atoms with E-state index < -0.39 is 12.0 Å². The lowest BCUT2D eigenvalue weighted by molar-refractivity contribution is -0.147. The maximum absolute atomic E-state index is 12.8. The van der Waals surface area contributed by atoms with Gasteiger partial charge in [0.15, 0.2) is 0 Å². The monoisotopic (exact) mass is 368 g/mol. The summed E-state index contributed by atoms with van der Waals surface area (Å²) >= 11 is 6.14. The average molecular weight is 369 g/mol. The molecule has 2 aromatic rings. The van der Waals surface area contributed by atoms with Crippen LogP contribution in [0, 0.1) is 11.3 Å². The van der Waals surface area contributed by atoms with E-state index in [0.29, 0.717) is 41.1 Å². The van der Waals surface area contributed by atoms with Gasteiger partial charge in [-0.3, -0.25) is 4.79 Å². The molecule has 1 atom stereocenters. The van der Waals surface area contributed by atoms with Gasteiger partial charge >= 0.3 is 5.97 Å². The number of nitrogens with zero attached hydrogens (tertiary/aromatic N) is 2. The van der Waals surface area contributed by atoms with Crippen LogP contribution in [0.1, 0.15) is 24.0 Å². The van der Waals surface area contributed by atoms with Gasteiger partial charge < -0.3 is 10.0 Å². The predicted molar refractivity (Wildman–Crippen MR) is 97.7 cm³/mol. The van der Waals surface area contributed by atoms with Crippen molar-refractivity contribution in [1.29, 1.82) is 5.26 Å². The Hall–Kier alpha value is -2.84. The number of amides is 1.